The van der Waals surface area contributed by atoms with E-state index in [0.29, 0.717) is 24.0 Å². The van der Waals surface area contributed by atoms with Crippen LogP contribution in [0.5, 0.6) is 0 Å². The van der Waals surface area contributed by atoms with Crippen LogP contribution < -0.4 is 10.6 Å². The van der Waals surface area contributed by atoms with E-state index >= 15 is 0 Å². The first-order valence-corrected chi connectivity index (χ1v) is 9.81. The number of carbonyl (C=O) groups excluding carboxylic acids is 2. The van der Waals surface area contributed by atoms with Crippen molar-refractivity contribution in [3.63, 3.8) is 0 Å². The Kier molecular flexibility index (Phi) is 6.18. The van der Waals surface area contributed by atoms with Crippen LogP contribution in [0.15, 0.2) is 18.2 Å². The topological polar surface area (TPSA) is 87.2 Å². The second kappa shape index (κ2) is 8.59. The fourth-order valence-corrected chi connectivity index (χ4v) is 3.77. The molecule has 0 spiro atoms. The molecule has 2 heterocycles. The highest BCUT2D eigenvalue weighted by Gasteiger charge is 2.33. The summed E-state index contributed by atoms with van der Waals surface area (Å²) >= 11 is 1.09. The van der Waals surface area contributed by atoms with Gasteiger partial charge in [-0.05, 0) is 30.9 Å². The summed E-state index contributed by atoms with van der Waals surface area (Å²) in [6.45, 7) is 5.24. The lowest BCUT2D eigenvalue weighted by molar-refractivity contribution is 0.102. The van der Waals surface area contributed by atoms with Crippen molar-refractivity contribution in [1.82, 2.24) is 20.4 Å². The first-order chi connectivity index (χ1) is 13.3. The van der Waals surface area contributed by atoms with Crippen molar-refractivity contribution in [3.05, 3.63) is 39.8 Å². The molecule has 10 heteroatoms. The average Bonchev–Trinajstić information content (AvgIpc) is 3.31. The van der Waals surface area contributed by atoms with Gasteiger partial charge < -0.3 is 15.5 Å². The van der Waals surface area contributed by atoms with Gasteiger partial charge in [0.1, 0.15) is 5.01 Å². The number of carbonyl (C=O) groups is 2. The number of likely N-dealkylation sites (tertiary alicyclic amines) is 1. The standard InChI is InChI=1S/C18H21F2N5O2S/c1-10(2)9-21-18(27)25-7-3-4-14(25)16-23-24-17(28-16)15(26)22-11-5-6-12(19)13(20)8-11/h5-6,8,10,14H,3-4,7,9H2,1-2H3,(H,21,27)(H,22,26). The van der Waals surface area contributed by atoms with E-state index in [-0.39, 0.29) is 22.8 Å². The molecule has 1 aliphatic rings. The Labute approximate surface area is 165 Å². The quantitative estimate of drug-likeness (QED) is 0.790. The van der Waals surface area contributed by atoms with Gasteiger partial charge in [0.05, 0.1) is 6.04 Å². The largest absolute Gasteiger partial charge is 0.338 e. The summed E-state index contributed by atoms with van der Waals surface area (Å²) in [7, 11) is 0. The van der Waals surface area contributed by atoms with Crippen LogP contribution in [-0.4, -0.2) is 40.1 Å². The van der Waals surface area contributed by atoms with E-state index < -0.39 is 17.5 Å². The van der Waals surface area contributed by atoms with E-state index in [2.05, 4.69) is 20.8 Å². The molecule has 0 aliphatic carbocycles. The Bertz CT molecular complexity index is 873. The maximum atomic E-state index is 13.3. The molecule has 0 bridgehead atoms. The van der Waals surface area contributed by atoms with Crippen molar-refractivity contribution in [2.45, 2.75) is 32.7 Å². The van der Waals surface area contributed by atoms with E-state index in [9.17, 15) is 18.4 Å². The third kappa shape index (κ3) is 4.61. The minimum atomic E-state index is -1.05. The highest BCUT2D eigenvalue weighted by molar-refractivity contribution is 7.13. The number of anilines is 1. The van der Waals surface area contributed by atoms with Crippen molar-refractivity contribution in [2.75, 3.05) is 18.4 Å². The molecule has 1 saturated heterocycles. The van der Waals surface area contributed by atoms with Crippen LogP contribution >= 0.6 is 11.3 Å². The summed E-state index contributed by atoms with van der Waals surface area (Å²) in [4.78, 5) is 26.4. The molecule has 0 radical (unpaired) electrons. The first kappa shape index (κ1) is 20.1. The molecule has 3 amide bonds. The summed E-state index contributed by atoms with van der Waals surface area (Å²) in [5, 5.41) is 14.0. The highest BCUT2D eigenvalue weighted by atomic mass is 32.1. The van der Waals surface area contributed by atoms with Crippen LogP contribution in [-0.2, 0) is 0 Å². The zero-order valence-corrected chi connectivity index (χ0v) is 16.4. The smallest absolute Gasteiger partial charge is 0.318 e. The zero-order chi connectivity index (χ0) is 20.3. The van der Waals surface area contributed by atoms with Gasteiger partial charge in [-0.2, -0.15) is 0 Å². The van der Waals surface area contributed by atoms with E-state index in [1.807, 2.05) is 13.8 Å². The van der Waals surface area contributed by atoms with E-state index in [1.54, 1.807) is 4.90 Å². The third-order valence-corrected chi connectivity index (χ3v) is 5.30. The van der Waals surface area contributed by atoms with Crippen molar-refractivity contribution < 1.29 is 18.4 Å². The van der Waals surface area contributed by atoms with Crippen molar-refractivity contribution in [2.24, 2.45) is 5.92 Å². The fourth-order valence-electron chi connectivity index (χ4n) is 2.88. The molecular formula is C18H21F2N5O2S. The number of benzene rings is 1. The number of halogens is 2. The second-order valence-electron chi connectivity index (χ2n) is 6.96. The molecule has 1 aromatic heterocycles. The fraction of sp³-hybridized carbons (Fsp3) is 0.444. The van der Waals surface area contributed by atoms with Gasteiger partial charge in [-0.25, -0.2) is 13.6 Å². The molecule has 1 unspecified atom stereocenters. The number of urea groups is 1. The van der Waals surface area contributed by atoms with Crippen LogP contribution in [0.3, 0.4) is 0 Å². The van der Waals surface area contributed by atoms with Crippen LogP contribution in [0.1, 0.15) is 47.5 Å². The Morgan fingerprint density at radius 3 is 2.79 bits per heavy atom. The monoisotopic (exact) mass is 409 g/mol. The molecular weight excluding hydrogens is 388 g/mol. The van der Waals surface area contributed by atoms with Gasteiger partial charge in [0.15, 0.2) is 11.6 Å². The molecule has 28 heavy (non-hydrogen) atoms. The molecule has 2 aromatic rings. The Balaban J connectivity index is 1.67. The molecule has 1 fully saturated rings. The van der Waals surface area contributed by atoms with Gasteiger partial charge in [-0.3, -0.25) is 4.79 Å². The SMILES string of the molecule is CC(C)CNC(=O)N1CCCC1c1nnc(C(=O)Nc2ccc(F)c(F)c2)s1. The maximum absolute atomic E-state index is 13.3. The summed E-state index contributed by atoms with van der Waals surface area (Å²) in [6.07, 6.45) is 1.59. The van der Waals surface area contributed by atoms with Crippen LogP contribution in [0.4, 0.5) is 19.3 Å². The number of hydrogen-bond donors (Lipinski definition) is 2. The summed E-state index contributed by atoms with van der Waals surface area (Å²) in [5.74, 6) is -2.26. The van der Waals surface area contributed by atoms with E-state index in [1.165, 1.54) is 6.07 Å². The molecule has 1 aliphatic heterocycles. The Morgan fingerprint density at radius 1 is 1.29 bits per heavy atom. The van der Waals surface area contributed by atoms with Gasteiger partial charge in [-0.1, -0.05) is 25.2 Å². The van der Waals surface area contributed by atoms with Gasteiger partial charge in [0.25, 0.3) is 5.91 Å². The van der Waals surface area contributed by atoms with Gasteiger partial charge >= 0.3 is 6.03 Å². The van der Waals surface area contributed by atoms with Gasteiger partial charge in [-0.15, -0.1) is 10.2 Å². The van der Waals surface area contributed by atoms with Crippen molar-refractivity contribution in [1.29, 1.82) is 0 Å². The second-order valence-corrected chi connectivity index (χ2v) is 7.97. The number of nitrogens with zero attached hydrogens (tertiary/aromatic N) is 3. The molecule has 1 aromatic carbocycles. The Hall–Kier alpha value is -2.62. The van der Waals surface area contributed by atoms with Gasteiger partial charge in [0, 0.05) is 24.8 Å². The van der Waals surface area contributed by atoms with Crippen molar-refractivity contribution in [3.8, 4) is 0 Å². The number of hydrogen-bond acceptors (Lipinski definition) is 5. The molecule has 0 saturated carbocycles. The zero-order valence-electron chi connectivity index (χ0n) is 15.5. The van der Waals surface area contributed by atoms with Crippen molar-refractivity contribution >= 4 is 29.0 Å². The lowest BCUT2D eigenvalue weighted by Crippen LogP contribution is -2.40. The lowest BCUT2D eigenvalue weighted by Gasteiger charge is -2.23. The average molecular weight is 409 g/mol. The third-order valence-electron chi connectivity index (χ3n) is 4.27. The van der Waals surface area contributed by atoms with E-state index in [4.69, 9.17) is 0 Å². The predicted molar refractivity (Wildman–Crippen MR) is 101 cm³/mol. The lowest BCUT2D eigenvalue weighted by atomic mass is 10.2. The number of aromatic nitrogens is 2. The molecule has 2 N–H and O–H groups in total. The summed E-state index contributed by atoms with van der Waals surface area (Å²) in [6, 6.07) is 2.71. The van der Waals surface area contributed by atoms with Gasteiger partial charge in [0.2, 0.25) is 5.01 Å². The normalized spacial score (nSPS) is 16.5. The number of rotatable bonds is 5. The number of nitrogens with one attached hydrogen (secondary N) is 2. The minimum absolute atomic E-state index is 0.0918. The van der Waals surface area contributed by atoms with Crippen LogP contribution in [0.25, 0.3) is 0 Å². The van der Waals surface area contributed by atoms with E-state index in [0.717, 1.165) is 36.3 Å². The predicted octanol–water partition coefficient (Wildman–Crippen LogP) is 3.57. The number of amides is 3. The van der Waals surface area contributed by atoms with Crippen LogP contribution in [0.2, 0.25) is 0 Å². The molecule has 1 atom stereocenters. The van der Waals surface area contributed by atoms with Crippen LogP contribution in [0, 0.1) is 17.6 Å². The minimum Gasteiger partial charge on any atom is -0.338 e. The Morgan fingerprint density at radius 2 is 2.07 bits per heavy atom. The maximum Gasteiger partial charge on any atom is 0.318 e. The molecule has 3 rings (SSSR count). The molecule has 150 valence electrons. The summed E-state index contributed by atoms with van der Waals surface area (Å²) < 4.78 is 26.3. The summed E-state index contributed by atoms with van der Waals surface area (Å²) in [5.41, 5.74) is 0.121. The first-order valence-electron chi connectivity index (χ1n) is 8.99. The molecule has 7 nitrogen and oxygen atoms in total. The highest BCUT2D eigenvalue weighted by Crippen LogP contribution is 2.33.